The Bertz CT molecular complexity index is 743. The maximum atomic E-state index is 12.5. The highest BCUT2D eigenvalue weighted by molar-refractivity contribution is 6.01. The van der Waals surface area contributed by atoms with Gasteiger partial charge >= 0.3 is 0 Å². The van der Waals surface area contributed by atoms with Gasteiger partial charge in [0.25, 0.3) is 5.91 Å². The van der Waals surface area contributed by atoms with E-state index in [4.69, 9.17) is 0 Å². The Balaban J connectivity index is 1.57. The lowest BCUT2D eigenvalue weighted by Crippen LogP contribution is -2.28. The Hall–Kier alpha value is -2.40. The van der Waals surface area contributed by atoms with Gasteiger partial charge in [-0.3, -0.25) is 14.5 Å². The summed E-state index contributed by atoms with van der Waals surface area (Å²) in [5.74, 6) is 0.0101. The zero-order chi connectivity index (χ0) is 17.8. The van der Waals surface area contributed by atoms with Crippen molar-refractivity contribution in [1.29, 1.82) is 0 Å². The van der Waals surface area contributed by atoms with Crippen molar-refractivity contribution < 1.29 is 9.59 Å². The molecule has 1 aromatic carbocycles. The lowest BCUT2D eigenvalue weighted by atomic mass is 10.1. The number of aromatic amines is 1. The zero-order valence-corrected chi connectivity index (χ0v) is 14.9. The van der Waals surface area contributed by atoms with Crippen LogP contribution in [0.15, 0.2) is 36.5 Å². The molecule has 5 nitrogen and oxygen atoms in total. The standard InChI is InChI=1S/C20H25N3O2/c1-15-5-7-16(8-6-15)13-22(2)14-19(24)17-11-18(21-12-17)20(25)23-9-3-4-10-23/h5-8,11-12,21H,3-4,9-10,13-14H2,1-2H3. The number of carbonyl (C=O) groups is 2. The number of nitrogens with one attached hydrogen (secondary N) is 1. The summed E-state index contributed by atoms with van der Waals surface area (Å²) in [5, 5.41) is 0. The number of benzene rings is 1. The minimum atomic E-state index is -0.00967. The minimum Gasteiger partial charge on any atom is -0.356 e. The molecule has 0 unspecified atom stereocenters. The molecule has 1 aromatic heterocycles. The van der Waals surface area contributed by atoms with E-state index >= 15 is 0 Å². The van der Waals surface area contributed by atoms with Crippen LogP contribution in [0, 0.1) is 6.92 Å². The van der Waals surface area contributed by atoms with Crippen molar-refractivity contribution in [3.63, 3.8) is 0 Å². The first-order chi connectivity index (χ1) is 12.0. The van der Waals surface area contributed by atoms with E-state index in [0.29, 0.717) is 17.8 Å². The monoisotopic (exact) mass is 339 g/mol. The van der Waals surface area contributed by atoms with Crippen LogP contribution in [-0.2, 0) is 6.54 Å². The fourth-order valence-electron chi connectivity index (χ4n) is 3.17. The molecule has 132 valence electrons. The summed E-state index contributed by atoms with van der Waals surface area (Å²) in [6.07, 6.45) is 3.76. The second-order valence-electron chi connectivity index (χ2n) is 6.88. The van der Waals surface area contributed by atoms with Crippen molar-refractivity contribution in [2.24, 2.45) is 0 Å². The number of rotatable bonds is 6. The van der Waals surface area contributed by atoms with Crippen molar-refractivity contribution in [3.8, 4) is 0 Å². The molecule has 1 aliphatic rings. The van der Waals surface area contributed by atoms with Gasteiger partial charge in [-0.15, -0.1) is 0 Å². The molecule has 1 N–H and O–H groups in total. The van der Waals surface area contributed by atoms with Crippen LogP contribution >= 0.6 is 0 Å². The van der Waals surface area contributed by atoms with Crippen molar-refractivity contribution in [3.05, 3.63) is 58.9 Å². The van der Waals surface area contributed by atoms with Gasteiger partial charge < -0.3 is 9.88 Å². The molecule has 0 radical (unpaired) electrons. The predicted molar refractivity (Wildman–Crippen MR) is 97.8 cm³/mol. The number of likely N-dealkylation sites (tertiary alicyclic amines) is 1. The molecular formula is C20H25N3O2. The number of hydrogen-bond acceptors (Lipinski definition) is 3. The third kappa shape index (κ3) is 4.37. The normalized spacial score (nSPS) is 14.3. The second-order valence-corrected chi connectivity index (χ2v) is 6.88. The number of hydrogen-bond donors (Lipinski definition) is 1. The number of carbonyl (C=O) groups excluding carboxylic acids is 2. The maximum Gasteiger partial charge on any atom is 0.270 e. The fourth-order valence-corrected chi connectivity index (χ4v) is 3.17. The van der Waals surface area contributed by atoms with Crippen LogP contribution in [0.2, 0.25) is 0 Å². The first kappa shape index (κ1) is 17.4. The average Bonchev–Trinajstić information content (AvgIpc) is 3.28. The Morgan fingerprint density at radius 3 is 2.52 bits per heavy atom. The predicted octanol–water partition coefficient (Wildman–Crippen LogP) is 2.87. The van der Waals surface area contributed by atoms with Gasteiger partial charge in [-0.1, -0.05) is 29.8 Å². The van der Waals surface area contributed by atoms with Crippen LogP contribution in [0.5, 0.6) is 0 Å². The number of likely N-dealkylation sites (N-methyl/N-ethyl adjacent to an activating group) is 1. The van der Waals surface area contributed by atoms with Crippen molar-refractivity contribution in [1.82, 2.24) is 14.8 Å². The Morgan fingerprint density at radius 1 is 1.16 bits per heavy atom. The smallest absolute Gasteiger partial charge is 0.270 e. The van der Waals surface area contributed by atoms with E-state index in [1.54, 1.807) is 12.3 Å². The second kappa shape index (κ2) is 7.66. The quantitative estimate of drug-likeness (QED) is 0.824. The van der Waals surface area contributed by atoms with Crippen LogP contribution in [0.4, 0.5) is 0 Å². The Morgan fingerprint density at radius 2 is 1.84 bits per heavy atom. The van der Waals surface area contributed by atoms with E-state index in [2.05, 4.69) is 36.2 Å². The summed E-state index contributed by atoms with van der Waals surface area (Å²) in [4.78, 5) is 31.6. The van der Waals surface area contributed by atoms with Gasteiger partial charge in [0.1, 0.15) is 5.69 Å². The molecular weight excluding hydrogens is 314 g/mol. The number of amides is 1. The number of ketones is 1. The van der Waals surface area contributed by atoms with Gasteiger partial charge in [-0.2, -0.15) is 0 Å². The lowest BCUT2D eigenvalue weighted by Gasteiger charge is -2.15. The summed E-state index contributed by atoms with van der Waals surface area (Å²) < 4.78 is 0. The molecule has 5 heteroatoms. The molecule has 0 aliphatic carbocycles. The van der Waals surface area contributed by atoms with Crippen LogP contribution in [0.3, 0.4) is 0 Å². The van der Waals surface area contributed by atoms with Crippen molar-refractivity contribution >= 4 is 11.7 Å². The van der Waals surface area contributed by atoms with Gasteiger partial charge in [0.2, 0.25) is 0 Å². The summed E-state index contributed by atoms with van der Waals surface area (Å²) in [5.41, 5.74) is 3.48. The summed E-state index contributed by atoms with van der Waals surface area (Å²) >= 11 is 0. The number of aryl methyl sites for hydroxylation is 1. The topological polar surface area (TPSA) is 56.4 Å². The Labute approximate surface area is 148 Å². The fraction of sp³-hybridized carbons (Fsp3) is 0.400. The molecule has 0 saturated carbocycles. The molecule has 3 rings (SSSR count). The highest BCUT2D eigenvalue weighted by Gasteiger charge is 2.22. The third-order valence-electron chi connectivity index (χ3n) is 4.62. The van der Waals surface area contributed by atoms with E-state index in [1.807, 2.05) is 16.8 Å². The molecule has 2 heterocycles. The highest BCUT2D eigenvalue weighted by Crippen LogP contribution is 2.14. The van der Waals surface area contributed by atoms with E-state index in [9.17, 15) is 9.59 Å². The maximum absolute atomic E-state index is 12.5. The van der Waals surface area contributed by atoms with Crippen molar-refractivity contribution in [2.75, 3.05) is 26.7 Å². The van der Waals surface area contributed by atoms with E-state index in [0.717, 1.165) is 32.5 Å². The van der Waals surface area contributed by atoms with Crippen LogP contribution in [-0.4, -0.2) is 53.2 Å². The number of nitrogens with zero attached hydrogens (tertiary/aromatic N) is 2. The molecule has 1 aliphatic heterocycles. The molecule has 0 spiro atoms. The van der Waals surface area contributed by atoms with Gasteiger partial charge in [0.05, 0.1) is 6.54 Å². The molecule has 0 bridgehead atoms. The summed E-state index contributed by atoms with van der Waals surface area (Å²) in [6, 6.07) is 10.0. The molecule has 25 heavy (non-hydrogen) atoms. The molecule has 1 amide bonds. The SMILES string of the molecule is Cc1ccc(CN(C)CC(=O)c2c[nH]c(C(=O)N3CCCC3)c2)cc1. The van der Waals surface area contributed by atoms with Crippen LogP contribution < -0.4 is 0 Å². The van der Waals surface area contributed by atoms with Crippen molar-refractivity contribution in [2.45, 2.75) is 26.3 Å². The minimum absolute atomic E-state index is 0.00967. The van der Waals surface area contributed by atoms with Gasteiger partial charge in [-0.25, -0.2) is 0 Å². The summed E-state index contributed by atoms with van der Waals surface area (Å²) in [7, 11) is 1.93. The first-order valence-electron chi connectivity index (χ1n) is 8.78. The number of Topliss-reactive ketones (excluding diaryl/α,β-unsaturated/α-hetero) is 1. The largest absolute Gasteiger partial charge is 0.356 e. The number of aromatic nitrogens is 1. The van der Waals surface area contributed by atoms with Gasteiger partial charge in [0, 0.05) is 31.4 Å². The summed E-state index contributed by atoms with van der Waals surface area (Å²) in [6.45, 7) is 4.71. The molecule has 1 saturated heterocycles. The van der Waals surface area contributed by atoms with E-state index in [-0.39, 0.29) is 11.7 Å². The van der Waals surface area contributed by atoms with E-state index in [1.165, 1.54) is 11.1 Å². The van der Waals surface area contributed by atoms with Gasteiger partial charge in [0.15, 0.2) is 5.78 Å². The molecule has 2 aromatic rings. The third-order valence-corrected chi connectivity index (χ3v) is 4.62. The highest BCUT2D eigenvalue weighted by atomic mass is 16.2. The molecule has 1 fully saturated rings. The number of H-pyrrole nitrogens is 1. The van der Waals surface area contributed by atoms with Crippen LogP contribution in [0.25, 0.3) is 0 Å². The van der Waals surface area contributed by atoms with Crippen LogP contribution in [0.1, 0.15) is 44.8 Å². The van der Waals surface area contributed by atoms with E-state index < -0.39 is 0 Å². The average molecular weight is 339 g/mol. The van der Waals surface area contributed by atoms with Gasteiger partial charge in [-0.05, 0) is 38.4 Å². The lowest BCUT2D eigenvalue weighted by molar-refractivity contribution is 0.0787. The zero-order valence-electron chi connectivity index (χ0n) is 14.9. The first-order valence-corrected chi connectivity index (χ1v) is 8.78. The molecule has 0 atom stereocenters. The Kier molecular flexibility index (Phi) is 5.34.